The predicted octanol–water partition coefficient (Wildman–Crippen LogP) is 4.99. The number of aryl methyl sites for hydroxylation is 1. The van der Waals surface area contributed by atoms with E-state index >= 15 is 0 Å². The van der Waals surface area contributed by atoms with Gasteiger partial charge < -0.3 is 5.32 Å². The molecule has 25 heavy (non-hydrogen) atoms. The van der Waals surface area contributed by atoms with Crippen LogP contribution in [0.4, 0.5) is 18.9 Å². The fourth-order valence-electron chi connectivity index (χ4n) is 2.59. The third-order valence-corrected chi connectivity index (χ3v) is 4.01. The molecule has 4 nitrogen and oxygen atoms in total. The lowest BCUT2D eigenvalue weighted by Gasteiger charge is -2.23. The Morgan fingerprint density at radius 2 is 1.96 bits per heavy atom. The van der Waals surface area contributed by atoms with Crippen molar-refractivity contribution in [3.8, 4) is 0 Å². The number of aromatic amines is 1. The molecule has 130 valence electrons. The topological polar surface area (TPSA) is 53.6 Å². The van der Waals surface area contributed by atoms with Gasteiger partial charge in [0, 0.05) is 11.8 Å². The summed E-state index contributed by atoms with van der Waals surface area (Å²) in [7, 11) is 0. The Morgan fingerprint density at radius 3 is 2.60 bits per heavy atom. The zero-order chi connectivity index (χ0) is 18.0. The average molecular weight is 367 g/mol. The number of benzene rings is 1. The number of nitrogens with zero attached hydrogens (tertiary/aromatic N) is 2. The van der Waals surface area contributed by atoms with Crippen LogP contribution in [0.5, 0.6) is 0 Å². The lowest BCUT2D eigenvalue weighted by Crippen LogP contribution is -2.18. The Balaban J connectivity index is 2.09. The van der Waals surface area contributed by atoms with Gasteiger partial charge in [-0.15, -0.1) is 0 Å². The van der Waals surface area contributed by atoms with Gasteiger partial charge in [0.2, 0.25) is 0 Å². The van der Waals surface area contributed by atoms with E-state index in [1.807, 2.05) is 0 Å². The standard InChI is InChI=1S/C17H14ClF3N4/c1-10-6-15(18)22-9-14(10)25-16(11-7-23-24-8-11)12-4-2-3-5-13(12)17(19,20)21/h2-9,16,25H,1H3,(H,23,24). The van der Waals surface area contributed by atoms with E-state index in [-0.39, 0.29) is 5.56 Å². The molecule has 0 aliphatic carbocycles. The van der Waals surface area contributed by atoms with Crippen LogP contribution in [0.3, 0.4) is 0 Å². The van der Waals surface area contributed by atoms with Crippen LogP contribution in [0.1, 0.15) is 28.3 Å². The number of hydrogen-bond donors (Lipinski definition) is 2. The van der Waals surface area contributed by atoms with E-state index in [0.29, 0.717) is 16.4 Å². The molecule has 0 radical (unpaired) electrons. The van der Waals surface area contributed by atoms with Gasteiger partial charge >= 0.3 is 6.18 Å². The van der Waals surface area contributed by atoms with Gasteiger partial charge in [0.05, 0.1) is 29.7 Å². The minimum absolute atomic E-state index is 0.103. The van der Waals surface area contributed by atoms with Gasteiger partial charge in [-0.05, 0) is 30.2 Å². The summed E-state index contributed by atoms with van der Waals surface area (Å²) in [5.74, 6) is 0. The zero-order valence-electron chi connectivity index (χ0n) is 13.1. The van der Waals surface area contributed by atoms with E-state index in [1.54, 1.807) is 25.3 Å². The van der Waals surface area contributed by atoms with Crippen LogP contribution in [-0.4, -0.2) is 15.2 Å². The van der Waals surface area contributed by atoms with Crippen molar-refractivity contribution < 1.29 is 13.2 Å². The van der Waals surface area contributed by atoms with Crippen molar-refractivity contribution in [2.75, 3.05) is 5.32 Å². The Bertz CT molecular complexity index is 863. The minimum Gasteiger partial charge on any atom is -0.373 e. The average Bonchev–Trinajstić information content (AvgIpc) is 3.07. The Kier molecular flexibility index (Phi) is 4.67. The van der Waals surface area contributed by atoms with Gasteiger partial charge in [-0.1, -0.05) is 29.8 Å². The smallest absolute Gasteiger partial charge is 0.373 e. The van der Waals surface area contributed by atoms with E-state index in [0.717, 1.165) is 11.6 Å². The van der Waals surface area contributed by atoms with Crippen molar-refractivity contribution in [2.24, 2.45) is 0 Å². The van der Waals surface area contributed by atoms with Crippen LogP contribution < -0.4 is 5.32 Å². The number of halogens is 4. The van der Waals surface area contributed by atoms with Gasteiger partial charge in [0.25, 0.3) is 0 Å². The van der Waals surface area contributed by atoms with Gasteiger partial charge in [-0.3, -0.25) is 5.10 Å². The maximum absolute atomic E-state index is 13.4. The molecule has 0 saturated carbocycles. The van der Waals surface area contributed by atoms with Crippen LogP contribution >= 0.6 is 11.6 Å². The molecule has 0 fully saturated rings. The second kappa shape index (κ2) is 6.76. The molecule has 2 aromatic heterocycles. The van der Waals surface area contributed by atoms with Crippen molar-refractivity contribution in [3.63, 3.8) is 0 Å². The maximum Gasteiger partial charge on any atom is 0.416 e. The highest BCUT2D eigenvalue weighted by Crippen LogP contribution is 2.38. The second-order valence-corrected chi connectivity index (χ2v) is 5.90. The molecule has 3 rings (SSSR count). The molecule has 0 amide bonds. The quantitative estimate of drug-likeness (QED) is 0.640. The van der Waals surface area contributed by atoms with Crippen LogP contribution in [0, 0.1) is 6.92 Å². The van der Waals surface area contributed by atoms with Gasteiger partial charge in [0.1, 0.15) is 5.15 Å². The summed E-state index contributed by atoms with van der Waals surface area (Å²) in [5.41, 5.74) is 1.34. The summed E-state index contributed by atoms with van der Waals surface area (Å²) >= 11 is 5.85. The van der Waals surface area contributed by atoms with Gasteiger partial charge in [-0.2, -0.15) is 18.3 Å². The third-order valence-electron chi connectivity index (χ3n) is 3.81. The molecular weight excluding hydrogens is 353 g/mol. The summed E-state index contributed by atoms with van der Waals surface area (Å²) in [4.78, 5) is 4.00. The Morgan fingerprint density at radius 1 is 1.20 bits per heavy atom. The zero-order valence-corrected chi connectivity index (χ0v) is 13.9. The predicted molar refractivity (Wildman–Crippen MR) is 89.5 cm³/mol. The van der Waals surface area contributed by atoms with Crippen molar-refractivity contribution in [1.29, 1.82) is 0 Å². The van der Waals surface area contributed by atoms with Crippen LogP contribution in [0.2, 0.25) is 5.15 Å². The number of nitrogens with one attached hydrogen (secondary N) is 2. The summed E-state index contributed by atoms with van der Waals surface area (Å²) in [5, 5.41) is 9.94. The van der Waals surface area contributed by atoms with Gasteiger partial charge in [0.15, 0.2) is 0 Å². The van der Waals surface area contributed by atoms with E-state index in [4.69, 9.17) is 11.6 Å². The molecule has 1 atom stereocenters. The maximum atomic E-state index is 13.4. The molecule has 3 aromatic rings. The largest absolute Gasteiger partial charge is 0.416 e. The highest BCUT2D eigenvalue weighted by atomic mass is 35.5. The summed E-state index contributed by atoms with van der Waals surface area (Å²) in [6.07, 6.45) is 0.0848. The molecular formula is C17H14ClF3N4. The van der Waals surface area contributed by atoms with Crippen molar-refractivity contribution in [2.45, 2.75) is 19.1 Å². The Hall–Kier alpha value is -2.54. The lowest BCUT2D eigenvalue weighted by atomic mass is 9.95. The summed E-state index contributed by atoms with van der Waals surface area (Å²) in [6, 6.07) is 6.35. The van der Waals surface area contributed by atoms with Crippen LogP contribution in [0.25, 0.3) is 0 Å². The van der Waals surface area contributed by atoms with Crippen molar-refractivity contribution in [1.82, 2.24) is 15.2 Å². The monoisotopic (exact) mass is 366 g/mol. The molecule has 1 unspecified atom stereocenters. The van der Waals surface area contributed by atoms with E-state index in [9.17, 15) is 13.2 Å². The number of hydrogen-bond acceptors (Lipinski definition) is 3. The van der Waals surface area contributed by atoms with Crippen LogP contribution in [-0.2, 0) is 6.18 Å². The molecule has 0 aliphatic heterocycles. The van der Waals surface area contributed by atoms with E-state index < -0.39 is 17.8 Å². The fourth-order valence-corrected chi connectivity index (χ4v) is 2.81. The minimum atomic E-state index is -4.46. The van der Waals surface area contributed by atoms with E-state index in [1.165, 1.54) is 24.5 Å². The third kappa shape index (κ3) is 3.76. The molecule has 0 aliphatic rings. The number of H-pyrrole nitrogens is 1. The van der Waals surface area contributed by atoms with E-state index in [2.05, 4.69) is 20.5 Å². The first kappa shape index (κ1) is 17.3. The van der Waals surface area contributed by atoms with Crippen LogP contribution in [0.15, 0.2) is 48.9 Å². The van der Waals surface area contributed by atoms with Crippen molar-refractivity contribution >= 4 is 17.3 Å². The molecule has 8 heteroatoms. The number of alkyl halides is 3. The first-order valence-electron chi connectivity index (χ1n) is 7.39. The number of aromatic nitrogens is 3. The molecule has 0 saturated heterocycles. The molecule has 0 spiro atoms. The summed E-state index contributed by atoms with van der Waals surface area (Å²) < 4.78 is 40.3. The highest BCUT2D eigenvalue weighted by Gasteiger charge is 2.35. The molecule has 2 N–H and O–H groups in total. The normalized spacial score (nSPS) is 12.8. The Labute approximate surface area is 147 Å². The first-order chi connectivity index (χ1) is 11.9. The fraction of sp³-hybridized carbons (Fsp3) is 0.176. The lowest BCUT2D eigenvalue weighted by molar-refractivity contribution is -0.138. The van der Waals surface area contributed by atoms with Gasteiger partial charge in [-0.25, -0.2) is 4.98 Å². The number of anilines is 1. The molecule has 1 aromatic carbocycles. The number of rotatable bonds is 4. The summed E-state index contributed by atoms with van der Waals surface area (Å²) in [6.45, 7) is 1.80. The SMILES string of the molecule is Cc1cc(Cl)ncc1NC(c1cn[nH]c1)c1ccccc1C(F)(F)F. The second-order valence-electron chi connectivity index (χ2n) is 5.52. The van der Waals surface area contributed by atoms with Crippen molar-refractivity contribution in [3.05, 3.63) is 76.3 Å². The first-order valence-corrected chi connectivity index (χ1v) is 7.77. The number of pyridine rings is 1. The highest BCUT2D eigenvalue weighted by molar-refractivity contribution is 6.29. The molecule has 2 heterocycles. The molecule has 0 bridgehead atoms.